The van der Waals surface area contributed by atoms with Gasteiger partial charge < -0.3 is 9.94 Å². The molecule has 1 spiro atoms. The van der Waals surface area contributed by atoms with Crippen LogP contribution in [0.3, 0.4) is 0 Å². The number of carbonyl (C=O) groups is 2. The smallest absolute Gasteiger partial charge is 0.330 e. The number of carbonyl (C=O) groups excluding carboxylic acids is 2. The second kappa shape index (κ2) is 5.99. The van der Waals surface area contributed by atoms with Crippen LogP contribution in [0.15, 0.2) is 59.7 Å². The van der Waals surface area contributed by atoms with E-state index in [-0.39, 0.29) is 17.9 Å². The summed E-state index contributed by atoms with van der Waals surface area (Å²) in [7, 11) is 0. The molecule has 0 aliphatic carbocycles. The van der Waals surface area contributed by atoms with E-state index in [0.29, 0.717) is 22.2 Å². The summed E-state index contributed by atoms with van der Waals surface area (Å²) in [5, 5.41) is 12.1. The predicted octanol–water partition coefficient (Wildman–Crippen LogP) is 1.55. The van der Waals surface area contributed by atoms with Crippen LogP contribution < -0.4 is 10.5 Å². The van der Waals surface area contributed by atoms with E-state index in [0.717, 1.165) is 5.06 Å². The Morgan fingerprint density at radius 1 is 1.10 bits per heavy atom. The van der Waals surface area contributed by atoms with Gasteiger partial charge in [0.15, 0.2) is 11.8 Å². The Hall–Kier alpha value is -3.56. The van der Waals surface area contributed by atoms with Crippen LogP contribution >= 0.6 is 0 Å². The molecule has 3 aromatic rings. The average molecular weight is 418 g/mol. The van der Waals surface area contributed by atoms with Crippen LogP contribution in [-0.4, -0.2) is 43.9 Å². The van der Waals surface area contributed by atoms with E-state index in [1.165, 1.54) is 15.8 Å². The number of hydroxylamine groups is 2. The van der Waals surface area contributed by atoms with Crippen LogP contribution in [0.2, 0.25) is 0 Å². The molecule has 156 valence electrons. The Morgan fingerprint density at radius 3 is 2.68 bits per heavy atom. The number of benzene rings is 2. The Bertz CT molecular complexity index is 1340. The minimum atomic E-state index is -1.29. The topological polar surface area (TPSA) is 105 Å². The second-order valence-corrected chi connectivity index (χ2v) is 8.16. The highest BCUT2D eigenvalue weighted by atomic mass is 16.6. The molecule has 0 saturated carbocycles. The maximum atomic E-state index is 13.1. The summed E-state index contributed by atoms with van der Waals surface area (Å²) in [6, 6.07) is 12.4. The average Bonchev–Trinajstić information content (AvgIpc) is 3.35. The summed E-state index contributed by atoms with van der Waals surface area (Å²) in [6.45, 7) is 1.60. The van der Waals surface area contributed by atoms with Crippen molar-refractivity contribution >= 4 is 28.5 Å². The first-order valence-corrected chi connectivity index (χ1v) is 10.0. The first-order valence-electron chi connectivity index (χ1n) is 10.0. The van der Waals surface area contributed by atoms with Gasteiger partial charge in [-0.2, -0.15) is 5.06 Å². The van der Waals surface area contributed by atoms with Crippen molar-refractivity contribution in [2.24, 2.45) is 0 Å². The van der Waals surface area contributed by atoms with Crippen LogP contribution in [0, 0.1) is 0 Å². The minimum absolute atomic E-state index is 0.0843. The first kappa shape index (κ1) is 18.2. The van der Waals surface area contributed by atoms with Crippen LogP contribution in [-0.2, 0) is 19.9 Å². The lowest BCUT2D eigenvalue weighted by Crippen LogP contribution is -2.49. The number of ether oxygens (including phenoxy) is 1. The quantitative estimate of drug-likeness (QED) is 0.598. The van der Waals surface area contributed by atoms with Gasteiger partial charge in [0.1, 0.15) is 12.1 Å². The number of hydrogen-bond acceptors (Lipinski definition) is 7. The predicted molar refractivity (Wildman–Crippen MR) is 108 cm³/mol. The number of anilines is 1. The highest BCUT2D eigenvalue weighted by Crippen LogP contribution is 2.56. The second-order valence-electron chi connectivity index (χ2n) is 8.16. The maximum Gasteiger partial charge on any atom is 0.330 e. The molecule has 3 aliphatic rings. The molecule has 1 aromatic heterocycles. The molecule has 0 bridgehead atoms. The van der Waals surface area contributed by atoms with Gasteiger partial charge in [0.2, 0.25) is 5.91 Å². The van der Waals surface area contributed by atoms with E-state index in [2.05, 4.69) is 4.98 Å². The number of rotatable bonds is 1. The SMILES string of the molecule is C[C@H]1C(=O)N2c3ccccc3[C@@]3(C[C@H](n4cnc5ccccc5c4=O)C(=O)O3)C2N1O. The minimum Gasteiger partial charge on any atom is -0.449 e. The summed E-state index contributed by atoms with van der Waals surface area (Å²) >= 11 is 0. The van der Waals surface area contributed by atoms with Crippen molar-refractivity contribution in [1.82, 2.24) is 14.6 Å². The van der Waals surface area contributed by atoms with E-state index in [4.69, 9.17) is 4.74 Å². The molecule has 3 aliphatic heterocycles. The van der Waals surface area contributed by atoms with Crippen LogP contribution in [0.1, 0.15) is 24.9 Å². The van der Waals surface area contributed by atoms with Crippen molar-refractivity contribution in [1.29, 1.82) is 0 Å². The molecular weight excluding hydrogens is 400 g/mol. The monoisotopic (exact) mass is 418 g/mol. The van der Waals surface area contributed by atoms with E-state index >= 15 is 0 Å². The number of esters is 1. The van der Waals surface area contributed by atoms with Crippen LogP contribution in [0.25, 0.3) is 10.9 Å². The highest BCUT2D eigenvalue weighted by Gasteiger charge is 2.67. The van der Waals surface area contributed by atoms with Gasteiger partial charge in [0.25, 0.3) is 5.56 Å². The third kappa shape index (κ3) is 2.16. The fourth-order valence-corrected chi connectivity index (χ4v) is 5.12. The maximum absolute atomic E-state index is 13.1. The molecule has 4 atom stereocenters. The Balaban J connectivity index is 1.51. The summed E-state index contributed by atoms with van der Waals surface area (Å²) in [6.07, 6.45) is 0.541. The van der Waals surface area contributed by atoms with Crippen molar-refractivity contribution in [2.45, 2.75) is 37.2 Å². The molecule has 9 heteroatoms. The molecule has 1 N–H and O–H groups in total. The van der Waals surface area contributed by atoms with Crippen molar-refractivity contribution in [3.8, 4) is 0 Å². The molecule has 2 saturated heterocycles. The van der Waals surface area contributed by atoms with E-state index < -0.39 is 29.8 Å². The van der Waals surface area contributed by atoms with Crippen molar-refractivity contribution < 1.29 is 19.5 Å². The molecule has 1 unspecified atom stereocenters. The standard InChI is InChI=1S/C22H18N4O5/c1-12-18(27)25-16-9-5-3-7-14(16)22(21(25)26(12)30)10-17(20(29)31-22)24-11-23-15-8-4-2-6-13(15)19(24)28/h2-9,11-12,17,21,30H,10H2,1H3/t12-,17-,21?,22-/m0/s1. The lowest BCUT2D eigenvalue weighted by Gasteiger charge is -2.33. The largest absolute Gasteiger partial charge is 0.449 e. The van der Waals surface area contributed by atoms with E-state index in [1.54, 1.807) is 55.5 Å². The van der Waals surface area contributed by atoms with Crippen LogP contribution in [0.4, 0.5) is 5.69 Å². The summed E-state index contributed by atoms with van der Waals surface area (Å²) in [5.41, 5.74) is 0.136. The van der Waals surface area contributed by atoms with Crippen molar-refractivity contribution in [3.63, 3.8) is 0 Å². The lowest BCUT2D eigenvalue weighted by molar-refractivity contribution is -0.190. The summed E-state index contributed by atoms with van der Waals surface area (Å²) in [4.78, 5) is 44.8. The molecule has 2 aromatic carbocycles. The number of hydrogen-bond donors (Lipinski definition) is 1. The third-order valence-electron chi connectivity index (χ3n) is 6.60. The zero-order chi connectivity index (χ0) is 21.5. The molecule has 9 nitrogen and oxygen atoms in total. The zero-order valence-electron chi connectivity index (χ0n) is 16.5. The normalized spacial score (nSPS) is 29.6. The number of amides is 1. The van der Waals surface area contributed by atoms with E-state index in [1.807, 2.05) is 0 Å². The molecule has 4 heterocycles. The van der Waals surface area contributed by atoms with Crippen molar-refractivity contribution in [3.05, 3.63) is 70.8 Å². The molecule has 6 rings (SSSR count). The van der Waals surface area contributed by atoms with Gasteiger partial charge in [0.05, 0.1) is 22.9 Å². The number of para-hydroxylation sites is 2. The van der Waals surface area contributed by atoms with Gasteiger partial charge in [0, 0.05) is 12.0 Å². The summed E-state index contributed by atoms with van der Waals surface area (Å²) in [5.74, 6) is -0.878. The van der Waals surface area contributed by atoms with Gasteiger partial charge in [-0.15, -0.1) is 0 Å². The fraction of sp³-hybridized carbons (Fsp3) is 0.273. The van der Waals surface area contributed by atoms with E-state index in [9.17, 15) is 19.6 Å². The zero-order valence-corrected chi connectivity index (χ0v) is 16.5. The molecule has 31 heavy (non-hydrogen) atoms. The molecular formula is C22H18N4O5. The van der Waals surface area contributed by atoms with Crippen molar-refractivity contribution in [2.75, 3.05) is 4.90 Å². The van der Waals surface area contributed by atoms with Gasteiger partial charge in [-0.25, -0.2) is 9.78 Å². The summed E-state index contributed by atoms with van der Waals surface area (Å²) < 4.78 is 7.21. The van der Waals surface area contributed by atoms with Gasteiger partial charge in [-0.3, -0.25) is 19.1 Å². The number of fused-ring (bicyclic) bond motifs is 6. The Labute approximate surface area is 176 Å². The highest BCUT2D eigenvalue weighted by molar-refractivity contribution is 6.02. The van der Waals surface area contributed by atoms with Crippen LogP contribution in [0.5, 0.6) is 0 Å². The van der Waals surface area contributed by atoms with Gasteiger partial charge >= 0.3 is 5.97 Å². The number of nitrogens with zero attached hydrogens (tertiary/aromatic N) is 4. The third-order valence-corrected chi connectivity index (χ3v) is 6.60. The Morgan fingerprint density at radius 2 is 1.84 bits per heavy atom. The fourth-order valence-electron chi connectivity index (χ4n) is 5.12. The molecule has 2 fully saturated rings. The van der Waals surface area contributed by atoms with Gasteiger partial charge in [-0.05, 0) is 25.1 Å². The lowest BCUT2D eigenvalue weighted by atomic mass is 9.88. The molecule has 1 amide bonds. The number of aromatic nitrogens is 2. The molecule has 0 radical (unpaired) electrons. The first-order chi connectivity index (χ1) is 14.9. The Kier molecular flexibility index (Phi) is 3.52. The van der Waals surface area contributed by atoms with Gasteiger partial charge in [-0.1, -0.05) is 30.3 Å².